The van der Waals surface area contributed by atoms with Crippen molar-refractivity contribution in [3.05, 3.63) is 89.5 Å². The number of pyridine rings is 2. The summed E-state index contributed by atoms with van der Waals surface area (Å²) in [4.78, 5) is 34.4. The van der Waals surface area contributed by atoms with Crippen LogP contribution in [0.3, 0.4) is 0 Å². The highest BCUT2D eigenvalue weighted by Gasteiger charge is 2.16. The number of hydrogen-bond acceptors (Lipinski definition) is 4. The Balaban J connectivity index is 1.67. The Bertz CT molecular complexity index is 1030. The molecule has 0 fully saturated rings. The largest absolute Gasteiger partial charge is 0.341 e. The topological polar surface area (TPSA) is 75.2 Å². The Morgan fingerprint density at radius 3 is 2.45 bits per heavy atom. The zero-order chi connectivity index (χ0) is 20.8. The first-order valence-electron chi connectivity index (χ1n) is 8.80. The number of anilines is 1. The average Bonchev–Trinajstić information content (AvgIpc) is 2.74. The van der Waals surface area contributed by atoms with Crippen LogP contribution in [-0.2, 0) is 6.42 Å². The van der Waals surface area contributed by atoms with Crippen LogP contribution in [0, 0.1) is 11.6 Å². The lowest BCUT2D eigenvalue weighted by atomic mass is 10.1. The van der Waals surface area contributed by atoms with E-state index in [0.29, 0.717) is 19.0 Å². The molecule has 0 saturated carbocycles. The fourth-order valence-corrected chi connectivity index (χ4v) is 2.63. The van der Waals surface area contributed by atoms with E-state index in [1.54, 1.807) is 19.4 Å². The molecule has 1 N–H and O–H groups in total. The summed E-state index contributed by atoms with van der Waals surface area (Å²) in [5.74, 6) is -2.59. The molecule has 0 saturated heterocycles. The molecule has 0 unspecified atom stereocenters. The van der Waals surface area contributed by atoms with Gasteiger partial charge in [-0.1, -0.05) is 0 Å². The number of amides is 2. The van der Waals surface area contributed by atoms with Crippen molar-refractivity contribution in [3.63, 3.8) is 0 Å². The molecule has 2 heterocycles. The lowest BCUT2D eigenvalue weighted by Crippen LogP contribution is -2.29. The molecular formula is C21H18F2N4O2. The second-order valence-corrected chi connectivity index (χ2v) is 6.37. The van der Waals surface area contributed by atoms with Crippen molar-refractivity contribution in [3.8, 4) is 0 Å². The van der Waals surface area contributed by atoms with Gasteiger partial charge in [-0.25, -0.2) is 8.78 Å². The van der Waals surface area contributed by atoms with Gasteiger partial charge in [-0.15, -0.1) is 0 Å². The summed E-state index contributed by atoms with van der Waals surface area (Å²) in [5.41, 5.74) is 1.20. The Hall–Kier alpha value is -3.68. The third kappa shape index (κ3) is 5.19. The van der Waals surface area contributed by atoms with Crippen LogP contribution in [0.5, 0.6) is 0 Å². The van der Waals surface area contributed by atoms with Crippen LogP contribution < -0.4 is 5.32 Å². The van der Waals surface area contributed by atoms with Gasteiger partial charge in [0.05, 0.1) is 16.8 Å². The first-order valence-corrected chi connectivity index (χ1v) is 8.80. The van der Waals surface area contributed by atoms with E-state index in [4.69, 9.17) is 0 Å². The molecule has 2 amide bonds. The molecular weight excluding hydrogens is 378 g/mol. The molecule has 0 aliphatic carbocycles. The second kappa shape index (κ2) is 9.01. The van der Waals surface area contributed by atoms with Crippen molar-refractivity contribution in [1.29, 1.82) is 0 Å². The van der Waals surface area contributed by atoms with Gasteiger partial charge in [0.1, 0.15) is 11.6 Å². The number of nitrogens with zero attached hydrogens (tertiary/aromatic N) is 3. The number of rotatable bonds is 6. The zero-order valence-corrected chi connectivity index (χ0v) is 15.6. The molecule has 0 bridgehead atoms. The van der Waals surface area contributed by atoms with Crippen molar-refractivity contribution in [2.24, 2.45) is 0 Å². The molecule has 2 aromatic heterocycles. The number of nitrogens with one attached hydrogen (secondary N) is 1. The maximum atomic E-state index is 13.7. The number of carbonyl (C=O) groups excluding carboxylic acids is 2. The van der Waals surface area contributed by atoms with Gasteiger partial charge >= 0.3 is 0 Å². The summed E-state index contributed by atoms with van der Waals surface area (Å²) in [7, 11) is 1.66. The maximum Gasteiger partial charge on any atom is 0.257 e. The fourth-order valence-electron chi connectivity index (χ4n) is 2.63. The quantitative estimate of drug-likeness (QED) is 0.694. The standard InChI is InChI=1S/C21H18F2N4O2/c1-27(9-6-14-4-7-24-8-5-14)21(29)16-10-15(12-25-13-16)20(28)26-19-3-2-17(22)11-18(19)23/h2-5,7-8,10-13H,6,9H2,1H3,(H,26,28). The van der Waals surface area contributed by atoms with E-state index in [1.165, 1.54) is 23.4 Å². The fraction of sp³-hybridized carbons (Fsp3) is 0.143. The second-order valence-electron chi connectivity index (χ2n) is 6.37. The van der Waals surface area contributed by atoms with Gasteiger partial charge in [0.15, 0.2) is 0 Å². The molecule has 0 atom stereocenters. The van der Waals surface area contributed by atoms with Crippen LogP contribution in [0.2, 0.25) is 0 Å². The van der Waals surface area contributed by atoms with Crippen molar-refractivity contribution in [2.45, 2.75) is 6.42 Å². The maximum absolute atomic E-state index is 13.7. The predicted molar refractivity (Wildman–Crippen MR) is 103 cm³/mol. The Morgan fingerprint density at radius 2 is 1.72 bits per heavy atom. The van der Waals surface area contributed by atoms with Crippen LogP contribution in [-0.4, -0.2) is 40.3 Å². The summed E-state index contributed by atoms with van der Waals surface area (Å²) in [6.45, 7) is 0.472. The normalized spacial score (nSPS) is 10.4. The summed E-state index contributed by atoms with van der Waals surface area (Å²) in [6.07, 6.45) is 6.66. The minimum Gasteiger partial charge on any atom is -0.341 e. The van der Waals surface area contributed by atoms with E-state index in [2.05, 4.69) is 15.3 Å². The average molecular weight is 396 g/mol. The molecule has 0 aliphatic heterocycles. The van der Waals surface area contributed by atoms with E-state index in [0.717, 1.165) is 17.7 Å². The lowest BCUT2D eigenvalue weighted by molar-refractivity contribution is 0.0796. The molecule has 0 radical (unpaired) electrons. The summed E-state index contributed by atoms with van der Waals surface area (Å²) < 4.78 is 26.7. The highest BCUT2D eigenvalue weighted by molar-refractivity contribution is 6.05. The highest BCUT2D eigenvalue weighted by Crippen LogP contribution is 2.16. The third-order valence-corrected chi connectivity index (χ3v) is 4.26. The predicted octanol–water partition coefficient (Wildman–Crippen LogP) is 3.32. The van der Waals surface area contributed by atoms with Gasteiger partial charge in [0.2, 0.25) is 0 Å². The first-order chi connectivity index (χ1) is 13.9. The molecule has 1 aromatic carbocycles. The smallest absolute Gasteiger partial charge is 0.257 e. The van der Waals surface area contributed by atoms with E-state index < -0.39 is 17.5 Å². The summed E-state index contributed by atoms with van der Waals surface area (Å²) >= 11 is 0. The van der Waals surface area contributed by atoms with Crippen LogP contribution in [0.15, 0.2) is 61.2 Å². The molecule has 0 spiro atoms. The van der Waals surface area contributed by atoms with Crippen LogP contribution in [0.1, 0.15) is 26.3 Å². The minimum atomic E-state index is -0.894. The molecule has 0 aliphatic rings. The van der Waals surface area contributed by atoms with Gasteiger partial charge < -0.3 is 10.2 Å². The number of halogens is 2. The number of likely N-dealkylation sites (N-methyl/N-ethyl adjacent to an activating group) is 1. The summed E-state index contributed by atoms with van der Waals surface area (Å²) in [6, 6.07) is 7.96. The van der Waals surface area contributed by atoms with Crippen LogP contribution >= 0.6 is 0 Å². The minimum absolute atomic E-state index is 0.0853. The van der Waals surface area contributed by atoms with Crippen LogP contribution in [0.4, 0.5) is 14.5 Å². The summed E-state index contributed by atoms with van der Waals surface area (Å²) in [5, 5.41) is 2.34. The molecule has 148 valence electrons. The molecule has 3 rings (SSSR count). The van der Waals surface area contributed by atoms with Gasteiger partial charge in [-0.2, -0.15) is 0 Å². The Kier molecular flexibility index (Phi) is 6.23. The van der Waals surface area contributed by atoms with Gasteiger partial charge in [-0.3, -0.25) is 19.6 Å². The monoisotopic (exact) mass is 396 g/mol. The van der Waals surface area contributed by atoms with Crippen molar-refractivity contribution in [2.75, 3.05) is 18.9 Å². The van der Waals surface area contributed by atoms with Gasteiger partial charge in [0.25, 0.3) is 11.8 Å². The third-order valence-electron chi connectivity index (χ3n) is 4.26. The van der Waals surface area contributed by atoms with Gasteiger partial charge in [0, 0.05) is 44.4 Å². The van der Waals surface area contributed by atoms with Crippen molar-refractivity contribution < 1.29 is 18.4 Å². The van der Waals surface area contributed by atoms with E-state index in [9.17, 15) is 18.4 Å². The van der Waals surface area contributed by atoms with Crippen LogP contribution in [0.25, 0.3) is 0 Å². The Morgan fingerprint density at radius 1 is 1.00 bits per heavy atom. The van der Waals surface area contributed by atoms with E-state index in [-0.39, 0.29) is 22.7 Å². The lowest BCUT2D eigenvalue weighted by Gasteiger charge is -2.17. The SMILES string of the molecule is CN(CCc1ccncc1)C(=O)c1cncc(C(=O)Nc2ccc(F)cc2F)c1. The molecule has 8 heteroatoms. The van der Waals surface area contributed by atoms with E-state index in [1.807, 2.05) is 12.1 Å². The number of aromatic nitrogens is 2. The van der Waals surface area contributed by atoms with Crippen molar-refractivity contribution in [1.82, 2.24) is 14.9 Å². The zero-order valence-electron chi connectivity index (χ0n) is 15.6. The van der Waals surface area contributed by atoms with E-state index >= 15 is 0 Å². The van der Waals surface area contributed by atoms with Gasteiger partial charge in [-0.05, 0) is 42.3 Å². The number of carbonyl (C=O) groups is 2. The molecule has 6 nitrogen and oxygen atoms in total. The number of hydrogen-bond donors (Lipinski definition) is 1. The first kappa shape index (κ1) is 20.1. The number of benzene rings is 1. The Labute approximate surface area is 166 Å². The van der Waals surface area contributed by atoms with Crippen molar-refractivity contribution >= 4 is 17.5 Å². The molecule has 29 heavy (non-hydrogen) atoms. The highest BCUT2D eigenvalue weighted by atomic mass is 19.1. The molecule has 3 aromatic rings.